The molecule has 0 amide bonds. The summed E-state index contributed by atoms with van der Waals surface area (Å²) < 4.78 is 5.04. The lowest BCUT2D eigenvalue weighted by molar-refractivity contribution is 0.204. The van der Waals surface area contributed by atoms with Crippen molar-refractivity contribution >= 4 is 12.4 Å². The third-order valence-electron chi connectivity index (χ3n) is 3.68. The number of nitrogens with zero attached hydrogens (tertiary/aromatic N) is 3. The van der Waals surface area contributed by atoms with Gasteiger partial charge in [0.05, 0.1) is 13.1 Å². The van der Waals surface area contributed by atoms with E-state index in [0.29, 0.717) is 19.0 Å². The van der Waals surface area contributed by atoms with Gasteiger partial charge in [-0.15, -0.1) is 19.0 Å². The summed E-state index contributed by atoms with van der Waals surface area (Å²) in [5.41, 5.74) is 5.48. The summed E-state index contributed by atoms with van der Waals surface area (Å²) in [7, 11) is 0. The van der Waals surface area contributed by atoms with Crippen LogP contribution in [0.25, 0.3) is 0 Å². The van der Waals surface area contributed by atoms with Crippen LogP contribution in [0.3, 0.4) is 0 Å². The average molecular weight is 301 g/mol. The average Bonchev–Trinajstić information content (AvgIpc) is 2.88. The van der Waals surface area contributed by atoms with Crippen LogP contribution in [-0.2, 0) is 13.1 Å². The van der Waals surface area contributed by atoms with E-state index in [2.05, 4.69) is 21.6 Å². The topological polar surface area (TPSA) is 68.2 Å². The van der Waals surface area contributed by atoms with Crippen LogP contribution in [0.5, 0.6) is 0 Å². The Kier molecular flexibility index (Phi) is 7.80. The van der Waals surface area contributed by atoms with E-state index in [9.17, 15) is 0 Å². The molecule has 2 N–H and O–H groups in total. The van der Waals surface area contributed by atoms with Crippen molar-refractivity contribution in [3.63, 3.8) is 0 Å². The molecule has 2 rings (SSSR count). The second kappa shape index (κ2) is 9.10. The van der Waals surface area contributed by atoms with Gasteiger partial charge < -0.3 is 10.3 Å². The quantitative estimate of drug-likeness (QED) is 0.784. The lowest BCUT2D eigenvalue weighted by Crippen LogP contribution is -2.30. The minimum Gasteiger partial charge on any atom is -0.338 e. The molecule has 0 atom stereocenters. The molecule has 1 heterocycles. The highest BCUT2D eigenvalue weighted by Crippen LogP contribution is 2.24. The van der Waals surface area contributed by atoms with Crippen LogP contribution in [0.4, 0.5) is 0 Å². The fourth-order valence-electron chi connectivity index (χ4n) is 2.76. The molecule has 0 bridgehead atoms. The Balaban J connectivity index is 0.00000200. The molecule has 0 spiro atoms. The van der Waals surface area contributed by atoms with Gasteiger partial charge in [-0.05, 0) is 18.8 Å². The monoisotopic (exact) mass is 300 g/mol. The largest absolute Gasteiger partial charge is 0.338 e. The maximum atomic E-state index is 5.48. The number of rotatable bonds is 7. The molecule has 1 aliphatic rings. The Morgan fingerprint density at radius 2 is 2.10 bits per heavy atom. The molecule has 1 aromatic heterocycles. The van der Waals surface area contributed by atoms with Crippen molar-refractivity contribution in [1.29, 1.82) is 0 Å². The molecule has 1 fully saturated rings. The molecule has 0 unspecified atom stereocenters. The Hall–Kier alpha value is -0.910. The van der Waals surface area contributed by atoms with Crippen LogP contribution < -0.4 is 5.73 Å². The minimum absolute atomic E-state index is 0. The van der Waals surface area contributed by atoms with E-state index in [0.717, 1.165) is 24.8 Å². The maximum Gasteiger partial charge on any atom is 0.240 e. The van der Waals surface area contributed by atoms with Gasteiger partial charge >= 0.3 is 0 Å². The van der Waals surface area contributed by atoms with Crippen molar-refractivity contribution < 1.29 is 4.52 Å². The molecule has 0 saturated heterocycles. The van der Waals surface area contributed by atoms with Crippen LogP contribution >= 0.6 is 12.4 Å². The van der Waals surface area contributed by atoms with Crippen molar-refractivity contribution in [3.8, 4) is 0 Å². The maximum absolute atomic E-state index is 5.48. The van der Waals surface area contributed by atoms with Crippen molar-refractivity contribution in [2.24, 2.45) is 11.7 Å². The number of nitrogens with two attached hydrogens (primary N) is 1. The molecule has 114 valence electrons. The SMILES string of the molecule is C=CCN(Cc1noc(CN)n1)CC1CCCCC1.Cl. The molecule has 0 aromatic carbocycles. The zero-order valence-electron chi connectivity index (χ0n) is 12.0. The Bertz CT molecular complexity index is 390. The van der Waals surface area contributed by atoms with Crippen LogP contribution in [0.1, 0.15) is 43.8 Å². The summed E-state index contributed by atoms with van der Waals surface area (Å²) in [6.07, 6.45) is 8.75. The Morgan fingerprint density at radius 1 is 1.35 bits per heavy atom. The first kappa shape index (κ1) is 17.1. The van der Waals surface area contributed by atoms with Crippen LogP contribution in [0.2, 0.25) is 0 Å². The van der Waals surface area contributed by atoms with E-state index in [-0.39, 0.29) is 12.4 Å². The standard InChI is InChI=1S/C14H24N4O.ClH/c1-2-8-18(10-12-6-4-3-5-7-12)11-13-16-14(9-15)19-17-13;/h2,12H,1,3-11,15H2;1H. The van der Waals surface area contributed by atoms with Gasteiger partial charge in [-0.25, -0.2) is 0 Å². The molecule has 20 heavy (non-hydrogen) atoms. The predicted molar refractivity (Wildman–Crippen MR) is 81.5 cm³/mol. The normalized spacial score (nSPS) is 16.1. The van der Waals surface area contributed by atoms with Gasteiger partial charge in [-0.3, -0.25) is 4.90 Å². The zero-order valence-corrected chi connectivity index (χ0v) is 12.8. The van der Waals surface area contributed by atoms with Crippen molar-refractivity contribution in [3.05, 3.63) is 24.4 Å². The first-order chi connectivity index (χ1) is 9.31. The lowest BCUT2D eigenvalue weighted by Gasteiger charge is -2.28. The van der Waals surface area contributed by atoms with E-state index in [1.807, 2.05) is 6.08 Å². The van der Waals surface area contributed by atoms with E-state index < -0.39 is 0 Å². The first-order valence-corrected chi connectivity index (χ1v) is 7.16. The van der Waals surface area contributed by atoms with Crippen LogP contribution in [0, 0.1) is 5.92 Å². The molecule has 6 heteroatoms. The van der Waals surface area contributed by atoms with Crippen molar-refractivity contribution in [2.75, 3.05) is 13.1 Å². The highest BCUT2D eigenvalue weighted by atomic mass is 35.5. The first-order valence-electron chi connectivity index (χ1n) is 7.16. The second-order valence-electron chi connectivity index (χ2n) is 5.30. The Labute approximate surface area is 127 Å². The molecule has 0 aliphatic heterocycles. The summed E-state index contributed by atoms with van der Waals surface area (Å²) in [5, 5.41) is 3.96. The van der Waals surface area contributed by atoms with Gasteiger partial charge in [0.2, 0.25) is 5.89 Å². The number of hydrogen-bond donors (Lipinski definition) is 1. The molecule has 1 aliphatic carbocycles. The molecule has 1 aromatic rings. The highest BCUT2D eigenvalue weighted by Gasteiger charge is 2.18. The second-order valence-corrected chi connectivity index (χ2v) is 5.30. The van der Waals surface area contributed by atoms with Gasteiger partial charge in [-0.1, -0.05) is 30.5 Å². The van der Waals surface area contributed by atoms with E-state index in [4.69, 9.17) is 10.3 Å². The summed E-state index contributed by atoms with van der Waals surface area (Å²) in [5.74, 6) is 2.03. The summed E-state index contributed by atoms with van der Waals surface area (Å²) in [4.78, 5) is 6.61. The van der Waals surface area contributed by atoms with E-state index in [1.165, 1.54) is 32.1 Å². The van der Waals surface area contributed by atoms with Gasteiger partial charge in [0.25, 0.3) is 0 Å². The highest BCUT2D eigenvalue weighted by molar-refractivity contribution is 5.85. The van der Waals surface area contributed by atoms with Gasteiger partial charge in [0, 0.05) is 13.1 Å². The predicted octanol–water partition coefficient (Wildman–Crippen LogP) is 2.52. The summed E-state index contributed by atoms with van der Waals surface area (Å²) in [6, 6.07) is 0. The Morgan fingerprint density at radius 3 is 2.70 bits per heavy atom. The fourth-order valence-corrected chi connectivity index (χ4v) is 2.76. The number of halogens is 1. The minimum atomic E-state index is 0. The van der Waals surface area contributed by atoms with Crippen LogP contribution in [-0.4, -0.2) is 28.1 Å². The van der Waals surface area contributed by atoms with Crippen molar-refractivity contribution in [1.82, 2.24) is 15.0 Å². The van der Waals surface area contributed by atoms with Gasteiger partial charge in [0.1, 0.15) is 0 Å². The van der Waals surface area contributed by atoms with Gasteiger partial charge in [0.15, 0.2) is 5.82 Å². The summed E-state index contributed by atoms with van der Waals surface area (Å²) >= 11 is 0. The molecule has 0 radical (unpaired) electrons. The molecular formula is C14H25ClN4O. The third-order valence-corrected chi connectivity index (χ3v) is 3.68. The van der Waals surface area contributed by atoms with Crippen LogP contribution in [0.15, 0.2) is 17.2 Å². The zero-order chi connectivity index (χ0) is 13.5. The smallest absolute Gasteiger partial charge is 0.240 e. The summed E-state index contributed by atoms with van der Waals surface area (Å²) in [6.45, 7) is 6.81. The lowest BCUT2D eigenvalue weighted by atomic mass is 9.89. The molecule has 5 nitrogen and oxygen atoms in total. The number of aromatic nitrogens is 2. The fraction of sp³-hybridized carbons (Fsp3) is 0.714. The molecule has 1 saturated carbocycles. The molecular weight excluding hydrogens is 276 g/mol. The van der Waals surface area contributed by atoms with Gasteiger partial charge in [-0.2, -0.15) is 4.98 Å². The van der Waals surface area contributed by atoms with Crippen molar-refractivity contribution in [2.45, 2.75) is 45.2 Å². The third kappa shape index (κ3) is 5.23. The number of hydrogen-bond acceptors (Lipinski definition) is 5. The van der Waals surface area contributed by atoms with E-state index in [1.54, 1.807) is 0 Å². The van der Waals surface area contributed by atoms with E-state index >= 15 is 0 Å².